The summed E-state index contributed by atoms with van der Waals surface area (Å²) in [6, 6.07) is 0. The average molecular weight is 330 g/mol. The summed E-state index contributed by atoms with van der Waals surface area (Å²) < 4.78 is 0. The summed E-state index contributed by atoms with van der Waals surface area (Å²) in [7, 11) is 0. The molecule has 0 rings (SSSR count). The van der Waals surface area contributed by atoms with Crippen LogP contribution >= 0.6 is 0 Å². The standard InChI is InChI=1S/2Ca.4ClH.6H2O/h;;4*1H;6*1H2/q2*+2;;;;;;;;;;/p-4. The van der Waals surface area contributed by atoms with Gasteiger partial charge in [-0.25, -0.2) is 0 Å². The van der Waals surface area contributed by atoms with E-state index in [1.165, 1.54) is 0 Å². The normalized spacial score (nSPS) is 0. The average Bonchev–Trinajstić information content (AvgIpc) is 0. The van der Waals surface area contributed by atoms with Gasteiger partial charge in [0.05, 0.1) is 0 Å². The Bertz CT molecular complexity index is 17.5. The second-order valence-electron chi connectivity index (χ2n) is 0. The molecule has 12 heteroatoms. The molecule has 0 amide bonds. The maximum atomic E-state index is 0. The molecule has 0 saturated carbocycles. The molecule has 0 unspecified atom stereocenters. The minimum Gasteiger partial charge on any atom is -1.00 e. The SMILES string of the molecule is O.O.O.O.O.O.[Ca+2].[Ca+2].[Cl-].[Cl-].[Cl-].[Cl-]. The van der Waals surface area contributed by atoms with E-state index in [9.17, 15) is 0 Å². The van der Waals surface area contributed by atoms with Crippen LogP contribution in [0.15, 0.2) is 0 Å². The van der Waals surface area contributed by atoms with Gasteiger partial charge in [0, 0.05) is 0 Å². The third kappa shape index (κ3) is 176. The van der Waals surface area contributed by atoms with Crippen LogP contribution in [0.1, 0.15) is 0 Å². The van der Waals surface area contributed by atoms with Crippen molar-refractivity contribution in [1.29, 1.82) is 0 Å². The minimum atomic E-state index is 0. The Kier molecular flexibility index (Phi) is 5000. The number of rotatable bonds is 0. The molecule has 0 atom stereocenters. The van der Waals surface area contributed by atoms with E-state index in [0.717, 1.165) is 0 Å². The van der Waals surface area contributed by atoms with E-state index < -0.39 is 0 Å². The second kappa shape index (κ2) is 220. The summed E-state index contributed by atoms with van der Waals surface area (Å²) in [4.78, 5) is 0. The number of halogens is 4. The molecular formula is H12Ca2Cl4O6. The fourth-order valence-electron chi connectivity index (χ4n) is 0. The van der Waals surface area contributed by atoms with Crippen LogP contribution in [0.4, 0.5) is 0 Å². The van der Waals surface area contributed by atoms with Gasteiger partial charge in [-0.15, -0.1) is 0 Å². The van der Waals surface area contributed by atoms with Crippen LogP contribution in [-0.2, 0) is 0 Å². The maximum absolute atomic E-state index is 0. The fourth-order valence-corrected chi connectivity index (χ4v) is 0. The Labute approximate surface area is 155 Å². The van der Waals surface area contributed by atoms with E-state index in [0.29, 0.717) is 0 Å². The van der Waals surface area contributed by atoms with Gasteiger partial charge in [-0.3, -0.25) is 0 Å². The van der Waals surface area contributed by atoms with Crippen molar-refractivity contribution in [3.05, 3.63) is 0 Å². The van der Waals surface area contributed by atoms with Crippen molar-refractivity contribution in [3.8, 4) is 0 Å². The van der Waals surface area contributed by atoms with Crippen LogP contribution in [0.5, 0.6) is 0 Å². The van der Waals surface area contributed by atoms with E-state index in [2.05, 4.69) is 0 Å². The smallest absolute Gasteiger partial charge is 1.00 e. The molecule has 0 aliphatic heterocycles. The predicted molar refractivity (Wildman–Crippen MR) is 33.2 cm³/mol. The van der Waals surface area contributed by atoms with Gasteiger partial charge in [-0.1, -0.05) is 0 Å². The molecule has 6 nitrogen and oxygen atoms in total. The van der Waals surface area contributed by atoms with Crippen LogP contribution in [0.2, 0.25) is 0 Å². The molecule has 0 spiro atoms. The molecule has 0 aliphatic rings. The van der Waals surface area contributed by atoms with E-state index in [1.54, 1.807) is 0 Å². The molecule has 0 aliphatic carbocycles. The Balaban J connectivity index is 0. The zero-order valence-electron chi connectivity index (χ0n) is 5.93. The van der Waals surface area contributed by atoms with Crippen molar-refractivity contribution < 1.29 is 82.5 Å². The molecule has 0 aromatic rings. The molecular weight excluding hydrogens is 318 g/mol. The molecule has 0 radical (unpaired) electrons. The molecule has 0 bridgehead atoms. The largest absolute Gasteiger partial charge is 2.00 e. The van der Waals surface area contributed by atoms with Crippen LogP contribution < -0.4 is 49.6 Å². The quantitative estimate of drug-likeness (QED) is 0.381. The van der Waals surface area contributed by atoms with E-state index in [4.69, 9.17) is 0 Å². The summed E-state index contributed by atoms with van der Waals surface area (Å²) >= 11 is 0. The van der Waals surface area contributed by atoms with Crippen molar-refractivity contribution in [2.45, 2.75) is 0 Å². The first-order chi connectivity index (χ1) is 0. The number of hydrogen-bond acceptors (Lipinski definition) is 0. The summed E-state index contributed by atoms with van der Waals surface area (Å²) in [5, 5.41) is 0. The first kappa shape index (κ1) is 272. The number of hydrogen-bond donors (Lipinski definition) is 0. The van der Waals surface area contributed by atoms with Gasteiger partial charge in [-0.2, -0.15) is 0 Å². The van der Waals surface area contributed by atoms with Crippen molar-refractivity contribution in [1.82, 2.24) is 0 Å². The zero-order chi connectivity index (χ0) is 0. The van der Waals surface area contributed by atoms with Crippen LogP contribution in [-0.4, -0.2) is 108 Å². The van der Waals surface area contributed by atoms with Gasteiger partial charge in [-0.05, 0) is 0 Å². The first-order valence-electron chi connectivity index (χ1n) is 0. The third-order valence-corrected chi connectivity index (χ3v) is 0. The molecule has 0 aromatic carbocycles. The van der Waals surface area contributed by atoms with E-state index >= 15 is 0 Å². The van der Waals surface area contributed by atoms with Gasteiger partial charge in [0.1, 0.15) is 0 Å². The van der Waals surface area contributed by atoms with Crippen molar-refractivity contribution in [2.75, 3.05) is 0 Å². The molecule has 0 aromatic heterocycles. The van der Waals surface area contributed by atoms with Gasteiger partial charge in [0.2, 0.25) is 0 Å². The molecule has 0 fully saturated rings. The third-order valence-electron chi connectivity index (χ3n) is 0. The van der Waals surface area contributed by atoms with Crippen molar-refractivity contribution in [3.63, 3.8) is 0 Å². The molecule has 12 heavy (non-hydrogen) atoms. The second-order valence-corrected chi connectivity index (χ2v) is 0. The molecule has 12 N–H and O–H groups in total. The van der Waals surface area contributed by atoms with Gasteiger partial charge < -0.3 is 82.5 Å². The van der Waals surface area contributed by atoms with Gasteiger partial charge in [0.15, 0.2) is 0 Å². The Hall–Kier alpha value is 3.44. The minimum absolute atomic E-state index is 0. The first-order valence-corrected chi connectivity index (χ1v) is 0. The van der Waals surface area contributed by atoms with Crippen LogP contribution in [0, 0.1) is 0 Å². The van der Waals surface area contributed by atoms with Gasteiger partial charge >= 0.3 is 75.5 Å². The summed E-state index contributed by atoms with van der Waals surface area (Å²) in [5.74, 6) is 0. The summed E-state index contributed by atoms with van der Waals surface area (Å²) in [5.41, 5.74) is 0. The maximum Gasteiger partial charge on any atom is 2.00 e. The van der Waals surface area contributed by atoms with Crippen molar-refractivity contribution in [2.24, 2.45) is 0 Å². The van der Waals surface area contributed by atoms with E-state index in [-0.39, 0.29) is 158 Å². The summed E-state index contributed by atoms with van der Waals surface area (Å²) in [6.45, 7) is 0. The van der Waals surface area contributed by atoms with Crippen LogP contribution in [0.3, 0.4) is 0 Å². The van der Waals surface area contributed by atoms with Crippen LogP contribution in [0.25, 0.3) is 0 Å². The molecule has 0 heterocycles. The van der Waals surface area contributed by atoms with E-state index in [1.807, 2.05) is 0 Å². The monoisotopic (exact) mass is 328 g/mol. The topological polar surface area (TPSA) is 189 Å². The molecule has 0 saturated heterocycles. The fraction of sp³-hybridized carbons (Fsp3) is 0. The van der Waals surface area contributed by atoms with Crippen molar-refractivity contribution >= 4 is 75.5 Å². The Morgan fingerprint density at radius 1 is 0.250 bits per heavy atom. The van der Waals surface area contributed by atoms with Gasteiger partial charge in [0.25, 0.3) is 0 Å². The summed E-state index contributed by atoms with van der Waals surface area (Å²) in [6.07, 6.45) is 0. The zero-order valence-corrected chi connectivity index (χ0v) is 13.4. The Morgan fingerprint density at radius 2 is 0.250 bits per heavy atom. The predicted octanol–water partition coefficient (Wildman–Crippen LogP) is -17.7. The Morgan fingerprint density at radius 3 is 0.250 bits per heavy atom. The molecule has 80 valence electrons.